The van der Waals surface area contributed by atoms with Crippen molar-refractivity contribution in [3.63, 3.8) is 0 Å². The van der Waals surface area contributed by atoms with Gasteiger partial charge in [0.25, 0.3) is 0 Å². The maximum absolute atomic E-state index is 11.2. The van der Waals surface area contributed by atoms with Crippen LogP contribution < -0.4 is 0 Å². The van der Waals surface area contributed by atoms with Gasteiger partial charge in [-0.05, 0) is 31.9 Å². The van der Waals surface area contributed by atoms with Crippen molar-refractivity contribution in [3.05, 3.63) is 34.4 Å². The molecule has 2 rings (SSSR count). The molecule has 1 atom stereocenters. The molecule has 1 fully saturated rings. The monoisotopic (exact) mass is 256 g/mol. The molecular formula is C15H22LiOP. The molecule has 0 aromatic heterocycles. The zero-order valence-electron chi connectivity index (χ0n) is 12.0. The molecule has 18 heavy (non-hydrogen) atoms. The summed E-state index contributed by atoms with van der Waals surface area (Å²) in [7, 11) is 2.22. The molecule has 0 bridgehead atoms. The van der Waals surface area contributed by atoms with Crippen molar-refractivity contribution in [1.29, 1.82) is 0 Å². The SMILES string of the molecule is Cc1cc(C)c(C(=O)P)c(C)c1.[Li][CH]1CCCC1. The third-order valence-corrected chi connectivity index (χ3v) is 3.86. The van der Waals surface area contributed by atoms with Crippen molar-refractivity contribution in [2.75, 3.05) is 0 Å². The van der Waals surface area contributed by atoms with Gasteiger partial charge in [0, 0.05) is 5.56 Å². The first-order valence-corrected chi connectivity index (χ1v) is 7.37. The van der Waals surface area contributed by atoms with E-state index in [4.69, 9.17) is 0 Å². The van der Waals surface area contributed by atoms with E-state index in [9.17, 15) is 4.79 Å². The molecule has 3 heteroatoms. The van der Waals surface area contributed by atoms with Crippen LogP contribution in [0.3, 0.4) is 0 Å². The van der Waals surface area contributed by atoms with E-state index in [1.165, 1.54) is 31.2 Å². The molecule has 0 N–H and O–H groups in total. The van der Waals surface area contributed by atoms with E-state index in [2.05, 4.69) is 27.0 Å². The molecule has 94 valence electrons. The molecule has 1 nitrogen and oxygen atoms in total. The molecule has 0 amide bonds. The van der Waals surface area contributed by atoms with Gasteiger partial charge in [0.1, 0.15) is 0 Å². The minimum atomic E-state index is 0.0741. The first kappa shape index (κ1) is 16.0. The van der Waals surface area contributed by atoms with Crippen molar-refractivity contribution in [3.8, 4) is 0 Å². The minimum absolute atomic E-state index is 0.0741. The van der Waals surface area contributed by atoms with E-state index in [1.54, 1.807) is 0 Å². The molecule has 0 heterocycles. The summed E-state index contributed by atoms with van der Waals surface area (Å²) in [5.41, 5.74) is 4.25. The summed E-state index contributed by atoms with van der Waals surface area (Å²) in [5, 5.41) is 0. The Labute approximate surface area is 123 Å². The van der Waals surface area contributed by atoms with E-state index >= 15 is 0 Å². The Bertz CT molecular complexity index is 399. The second kappa shape index (κ2) is 7.49. The summed E-state index contributed by atoms with van der Waals surface area (Å²) in [4.78, 5) is 11.2. The number of carbonyl (C=O) groups excluding carboxylic acids is 1. The van der Waals surface area contributed by atoms with E-state index in [0.717, 1.165) is 21.3 Å². The van der Waals surface area contributed by atoms with Crippen LogP contribution in [0.15, 0.2) is 12.1 Å². The van der Waals surface area contributed by atoms with Gasteiger partial charge in [-0.3, -0.25) is 4.79 Å². The van der Waals surface area contributed by atoms with Gasteiger partial charge in [0.15, 0.2) is 5.52 Å². The Kier molecular flexibility index (Phi) is 6.65. The molecular weight excluding hydrogens is 234 g/mol. The Hall–Kier alpha value is -0.0826. The van der Waals surface area contributed by atoms with E-state index in [-0.39, 0.29) is 5.52 Å². The van der Waals surface area contributed by atoms with Crippen molar-refractivity contribution in [2.45, 2.75) is 51.0 Å². The van der Waals surface area contributed by atoms with Crippen LogP contribution in [0, 0.1) is 20.8 Å². The first-order chi connectivity index (χ1) is 8.41. The average Bonchev–Trinajstić information content (AvgIpc) is 2.67. The predicted molar refractivity (Wildman–Crippen MR) is 82.7 cm³/mol. The van der Waals surface area contributed by atoms with Crippen LogP contribution in [0.2, 0.25) is 4.59 Å². The molecule has 1 saturated carbocycles. The summed E-state index contributed by atoms with van der Waals surface area (Å²) in [6.45, 7) is 5.98. The quantitative estimate of drug-likeness (QED) is 0.545. The second-order valence-electron chi connectivity index (χ2n) is 5.53. The van der Waals surface area contributed by atoms with Crippen LogP contribution in [-0.2, 0) is 0 Å². The predicted octanol–water partition coefficient (Wildman–Crippen LogP) is 4.14. The summed E-state index contributed by atoms with van der Waals surface area (Å²) in [6, 6.07) is 4.06. The van der Waals surface area contributed by atoms with Gasteiger partial charge in [0.2, 0.25) is 0 Å². The van der Waals surface area contributed by atoms with Crippen LogP contribution >= 0.6 is 9.24 Å². The number of aryl methyl sites for hydroxylation is 3. The number of carbonyl (C=O) groups is 1. The molecule has 0 radical (unpaired) electrons. The number of hydrogen-bond donors (Lipinski definition) is 0. The van der Waals surface area contributed by atoms with Gasteiger partial charge < -0.3 is 0 Å². The van der Waals surface area contributed by atoms with E-state index in [1.807, 2.05) is 32.9 Å². The number of rotatable bonds is 1. The van der Waals surface area contributed by atoms with Crippen LogP contribution in [0.4, 0.5) is 0 Å². The van der Waals surface area contributed by atoms with E-state index in [0.29, 0.717) is 0 Å². The van der Waals surface area contributed by atoms with Gasteiger partial charge in [0.05, 0.1) is 0 Å². The third kappa shape index (κ3) is 4.89. The normalized spacial score (nSPS) is 15.2. The molecule has 0 saturated heterocycles. The topological polar surface area (TPSA) is 17.1 Å². The Morgan fingerprint density at radius 2 is 1.61 bits per heavy atom. The van der Waals surface area contributed by atoms with Crippen molar-refractivity contribution >= 4 is 32.5 Å². The first-order valence-electron chi connectivity index (χ1n) is 6.79. The van der Waals surface area contributed by atoms with Gasteiger partial charge in [-0.25, -0.2) is 0 Å². The number of benzene rings is 1. The molecule has 1 aliphatic carbocycles. The maximum atomic E-state index is 11.2. The summed E-state index contributed by atoms with van der Waals surface area (Å²) in [5.74, 6) is 0. The van der Waals surface area contributed by atoms with Gasteiger partial charge >= 0.3 is 48.0 Å². The number of hydrogen-bond acceptors (Lipinski definition) is 1. The van der Waals surface area contributed by atoms with Crippen LogP contribution in [0.1, 0.15) is 52.7 Å². The summed E-state index contributed by atoms with van der Waals surface area (Å²) < 4.78 is 1.05. The molecule has 1 unspecified atom stereocenters. The van der Waals surface area contributed by atoms with Crippen LogP contribution in [0.25, 0.3) is 0 Å². The second-order valence-corrected chi connectivity index (χ2v) is 6.05. The summed E-state index contributed by atoms with van der Waals surface area (Å²) in [6.07, 6.45) is 5.95. The molecule has 1 aromatic rings. The average molecular weight is 256 g/mol. The van der Waals surface area contributed by atoms with Crippen LogP contribution in [-0.4, -0.2) is 23.2 Å². The molecule has 0 spiro atoms. The van der Waals surface area contributed by atoms with Gasteiger partial charge in [-0.1, -0.05) is 26.9 Å². The Morgan fingerprint density at radius 3 is 1.89 bits per heavy atom. The van der Waals surface area contributed by atoms with Crippen molar-refractivity contribution in [1.82, 2.24) is 0 Å². The van der Waals surface area contributed by atoms with E-state index < -0.39 is 0 Å². The van der Waals surface area contributed by atoms with Crippen molar-refractivity contribution in [2.24, 2.45) is 0 Å². The molecule has 1 aromatic carbocycles. The fourth-order valence-electron chi connectivity index (χ4n) is 2.70. The van der Waals surface area contributed by atoms with Crippen LogP contribution in [0.5, 0.6) is 0 Å². The van der Waals surface area contributed by atoms with Gasteiger partial charge in [-0.2, -0.15) is 0 Å². The Morgan fingerprint density at radius 1 is 1.17 bits per heavy atom. The van der Waals surface area contributed by atoms with Crippen molar-refractivity contribution < 1.29 is 4.79 Å². The Balaban J connectivity index is 0.000000225. The fourth-order valence-corrected chi connectivity index (χ4v) is 3.15. The molecule has 0 aliphatic heterocycles. The third-order valence-electron chi connectivity index (χ3n) is 3.57. The summed E-state index contributed by atoms with van der Waals surface area (Å²) >= 11 is 2.34. The van der Waals surface area contributed by atoms with Gasteiger partial charge in [-0.15, -0.1) is 0 Å². The standard InChI is InChI=1S/C10H13OP.C5H9.Li/c1-6-4-7(2)9(10(11)12)8(3)5-6;1-2-4-5-3-1;/h4-5H,12H2,1-3H3;1H,2-5H2;. The molecule has 1 aliphatic rings. The zero-order valence-corrected chi connectivity index (χ0v) is 13.2. The zero-order chi connectivity index (χ0) is 13.7. The fraction of sp³-hybridized carbons (Fsp3) is 0.533.